The molecule has 0 aliphatic carbocycles. The van der Waals surface area contributed by atoms with E-state index in [-0.39, 0.29) is 5.91 Å². The molecule has 2 heterocycles. The summed E-state index contributed by atoms with van der Waals surface area (Å²) in [5, 5.41) is 15.4. The lowest BCUT2D eigenvalue weighted by atomic mass is 9.76. The second-order valence-electron chi connectivity index (χ2n) is 4.86. The van der Waals surface area contributed by atoms with Crippen LogP contribution < -0.4 is 5.32 Å². The first-order valence-corrected chi connectivity index (χ1v) is 7.03. The summed E-state index contributed by atoms with van der Waals surface area (Å²) in [6, 6.07) is 7.57. The molecule has 5 heteroatoms. The molecule has 1 aromatic carbocycles. The van der Waals surface area contributed by atoms with Crippen molar-refractivity contribution in [1.29, 1.82) is 0 Å². The average molecular weight is 274 g/mol. The Labute approximate surface area is 115 Å². The summed E-state index contributed by atoms with van der Waals surface area (Å²) in [5.41, 5.74) is 3.05. The Kier molecular flexibility index (Phi) is 2.88. The van der Waals surface area contributed by atoms with Crippen molar-refractivity contribution in [2.75, 3.05) is 6.54 Å². The fourth-order valence-electron chi connectivity index (χ4n) is 2.42. The minimum atomic E-state index is -1.18. The van der Waals surface area contributed by atoms with E-state index >= 15 is 0 Å². The van der Waals surface area contributed by atoms with E-state index < -0.39 is 11.5 Å². The highest BCUT2D eigenvalue weighted by molar-refractivity contribution is 7.07. The number of thiazole rings is 1. The smallest absolute Gasteiger partial charge is 0.228 e. The molecule has 1 fully saturated rings. The van der Waals surface area contributed by atoms with E-state index in [1.807, 2.05) is 29.6 Å². The molecule has 19 heavy (non-hydrogen) atoms. The van der Waals surface area contributed by atoms with Crippen LogP contribution in [0.3, 0.4) is 0 Å². The molecule has 0 spiro atoms. The van der Waals surface area contributed by atoms with Gasteiger partial charge in [0.1, 0.15) is 5.60 Å². The van der Waals surface area contributed by atoms with Gasteiger partial charge in [-0.05, 0) is 12.5 Å². The molecule has 2 atom stereocenters. The van der Waals surface area contributed by atoms with Gasteiger partial charge in [0.05, 0.1) is 17.1 Å². The quantitative estimate of drug-likeness (QED) is 0.838. The van der Waals surface area contributed by atoms with Crippen molar-refractivity contribution in [1.82, 2.24) is 10.3 Å². The van der Waals surface area contributed by atoms with E-state index in [1.165, 1.54) is 11.3 Å². The van der Waals surface area contributed by atoms with Gasteiger partial charge in [-0.1, -0.05) is 24.3 Å². The van der Waals surface area contributed by atoms with Gasteiger partial charge in [0.2, 0.25) is 5.91 Å². The highest BCUT2D eigenvalue weighted by Gasteiger charge is 2.45. The Hall–Kier alpha value is -1.72. The van der Waals surface area contributed by atoms with Gasteiger partial charge in [-0.25, -0.2) is 4.98 Å². The molecule has 0 bridgehead atoms. The SMILES string of the molecule is CC(O)(c1ccccc1-c1cscn1)C1CNC1=O. The number of rotatable bonds is 3. The summed E-state index contributed by atoms with van der Waals surface area (Å²) in [5.74, 6) is -0.495. The minimum absolute atomic E-state index is 0.0990. The maximum absolute atomic E-state index is 11.6. The van der Waals surface area contributed by atoms with Crippen molar-refractivity contribution in [2.24, 2.45) is 5.92 Å². The van der Waals surface area contributed by atoms with Crippen LogP contribution in [0.5, 0.6) is 0 Å². The van der Waals surface area contributed by atoms with Crippen LogP contribution in [0.25, 0.3) is 11.3 Å². The summed E-state index contributed by atoms with van der Waals surface area (Å²) in [6.07, 6.45) is 0. The summed E-state index contributed by atoms with van der Waals surface area (Å²) < 4.78 is 0. The topological polar surface area (TPSA) is 62.2 Å². The number of hydrogen-bond acceptors (Lipinski definition) is 4. The molecule has 1 aromatic heterocycles. The molecule has 1 saturated heterocycles. The molecule has 98 valence electrons. The normalized spacial score (nSPS) is 21.4. The van der Waals surface area contributed by atoms with E-state index in [1.54, 1.807) is 12.4 Å². The summed E-state index contributed by atoms with van der Waals surface area (Å²) in [4.78, 5) is 15.9. The Balaban J connectivity index is 2.08. The molecule has 0 saturated carbocycles. The number of aliphatic hydroxyl groups is 1. The van der Waals surface area contributed by atoms with Gasteiger partial charge in [0.15, 0.2) is 0 Å². The van der Waals surface area contributed by atoms with Crippen LogP contribution in [0.2, 0.25) is 0 Å². The molecular weight excluding hydrogens is 260 g/mol. The van der Waals surface area contributed by atoms with Gasteiger partial charge in [0.25, 0.3) is 0 Å². The Morgan fingerprint density at radius 3 is 2.84 bits per heavy atom. The molecule has 2 unspecified atom stereocenters. The summed E-state index contributed by atoms with van der Waals surface area (Å²) in [7, 11) is 0. The predicted molar refractivity (Wildman–Crippen MR) is 73.6 cm³/mol. The Bertz CT molecular complexity index is 608. The number of carbonyl (C=O) groups is 1. The van der Waals surface area contributed by atoms with Crippen LogP contribution in [0.15, 0.2) is 35.2 Å². The van der Waals surface area contributed by atoms with E-state index in [0.29, 0.717) is 6.54 Å². The van der Waals surface area contributed by atoms with Crippen LogP contribution >= 0.6 is 11.3 Å². The third-order valence-electron chi connectivity index (χ3n) is 3.66. The largest absolute Gasteiger partial charge is 0.385 e. The summed E-state index contributed by atoms with van der Waals surface area (Å²) >= 11 is 1.51. The van der Waals surface area contributed by atoms with E-state index in [9.17, 15) is 9.90 Å². The molecular formula is C14H14N2O2S. The second-order valence-corrected chi connectivity index (χ2v) is 5.58. The van der Waals surface area contributed by atoms with Crippen molar-refractivity contribution < 1.29 is 9.90 Å². The van der Waals surface area contributed by atoms with Gasteiger partial charge in [-0.2, -0.15) is 0 Å². The zero-order valence-electron chi connectivity index (χ0n) is 10.5. The number of carbonyl (C=O) groups excluding carboxylic acids is 1. The molecule has 4 nitrogen and oxygen atoms in total. The molecule has 2 aromatic rings. The summed E-state index contributed by atoms with van der Waals surface area (Å²) in [6.45, 7) is 2.21. The fraction of sp³-hybridized carbons (Fsp3) is 0.286. The number of β-lactam (4-membered cyclic amide) rings is 1. The standard InChI is InChI=1S/C14H14N2O2S/c1-14(18,11-6-15-13(11)17)10-5-3-2-4-9(10)12-7-19-8-16-12/h2-5,7-8,11,18H,6H2,1H3,(H,15,17). The first-order valence-electron chi connectivity index (χ1n) is 6.09. The lowest BCUT2D eigenvalue weighted by molar-refractivity contribution is -0.143. The third kappa shape index (κ3) is 1.95. The van der Waals surface area contributed by atoms with Crippen molar-refractivity contribution in [2.45, 2.75) is 12.5 Å². The average Bonchev–Trinajstić information content (AvgIpc) is 2.90. The number of nitrogens with one attached hydrogen (secondary N) is 1. The lowest BCUT2D eigenvalue weighted by Crippen LogP contribution is -2.57. The number of nitrogens with zero attached hydrogens (tertiary/aromatic N) is 1. The van der Waals surface area contributed by atoms with Gasteiger partial charge >= 0.3 is 0 Å². The molecule has 3 rings (SSSR count). The second kappa shape index (κ2) is 4.43. The first-order chi connectivity index (χ1) is 9.10. The first kappa shape index (κ1) is 12.3. The molecule has 2 N–H and O–H groups in total. The highest BCUT2D eigenvalue weighted by atomic mass is 32.1. The van der Waals surface area contributed by atoms with Gasteiger partial charge in [-0.15, -0.1) is 11.3 Å². The zero-order chi connectivity index (χ0) is 13.5. The number of aromatic nitrogens is 1. The van der Waals surface area contributed by atoms with E-state index in [2.05, 4.69) is 10.3 Å². The van der Waals surface area contributed by atoms with Crippen molar-refractivity contribution in [3.05, 3.63) is 40.7 Å². The Morgan fingerprint density at radius 2 is 2.26 bits per heavy atom. The van der Waals surface area contributed by atoms with E-state index in [4.69, 9.17) is 0 Å². The van der Waals surface area contributed by atoms with Gasteiger partial charge < -0.3 is 10.4 Å². The Morgan fingerprint density at radius 1 is 1.47 bits per heavy atom. The van der Waals surface area contributed by atoms with Gasteiger partial charge in [-0.3, -0.25) is 4.79 Å². The van der Waals surface area contributed by atoms with Crippen LogP contribution in [0, 0.1) is 5.92 Å². The predicted octanol–water partition coefficient (Wildman–Crippen LogP) is 1.76. The van der Waals surface area contributed by atoms with Crippen LogP contribution in [0.4, 0.5) is 0 Å². The molecule has 1 aliphatic heterocycles. The molecule has 0 radical (unpaired) electrons. The lowest BCUT2D eigenvalue weighted by Gasteiger charge is -2.39. The zero-order valence-corrected chi connectivity index (χ0v) is 11.3. The monoisotopic (exact) mass is 274 g/mol. The highest BCUT2D eigenvalue weighted by Crippen LogP contribution is 2.38. The number of amides is 1. The van der Waals surface area contributed by atoms with Crippen LogP contribution in [-0.2, 0) is 10.4 Å². The van der Waals surface area contributed by atoms with Crippen molar-refractivity contribution >= 4 is 17.2 Å². The van der Waals surface area contributed by atoms with Gasteiger partial charge in [0, 0.05) is 17.5 Å². The van der Waals surface area contributed by atoms with Crippen molar-refractivity contribution in [3.63, 3.8) is 0 Å². The minimum Gasteiger partial charge on any atom is -0.385 e. The fourth-order valence-corrected chi connectivity index (χ4v) is 2.97. The van der Waals surface area contributed by atoms with Crippen molar-refractivity contribution in [3.8, 4) is 11.3 Å². The van der Waals surface area contributed by atoms with Crippen LogP contribution in [0.1, 0.15) is 12.5 Å². The molecule has 1 aliphatic rings. The number of hydrogen-bond donors (Lipinski definition) is 2. The number of benzene rings is 1. The maximum atomic E-state index is 11.6. The third-order valence-corrected chi connectivity index (χ3v) is 4.24. The maximum Gasteiger partial charge on any atom is 0.228 e. The van der Waals surface area contributed by atoms with Crippen LogP contribution in [-0.4, -0.2) is 22.5 Å². The molecule has 1 amide bonds. The van der Waals surface area contributed by atoms with E-state index in [0.717, 1.165) is 16.8 Å².